The van der Waals surface area contributed by atoms with Crippen molar-refractivity contribution in [2.24, 2.45) is 0 Å². The third kappa shape index (κ3) is 3.90. The first-order chi connectivity index (χ1) is 15.9. The third-order valence-corrected chi connectivity index (χ3v) is 6.09. The van der Waals surface area contributed by atoms with Crippen molar-refractivity contribution in [2.45, 2.75) is 5.54 Å². The van der Waals surface area contributed by atoms with Gasteiger partial charge in [-0.2, -0.15) is 0 Å². The normalized spacial score (nSPS) is 11.4. The van der Waals surface area contributed by atoms with E-state index >= 15 is 0 Å². The Balaban J connectivity index is 1.82. The molecule has 1 aromatic heterocycles. The van der Waals surface area contributed by atoms with Crippen molar-refractivity contribution in [2.75, 3.05) is 0 Å². The number of hydrazine groups is 1. The van der Waals surface area contributed by atoms with Gasteiger partial charge < -0.3 is 0 Å². The molecule has 4 rings (SSSR count). The maximum Gasteiger partial charge on any atom is 0.271 e. The molecule has 0 unspecified atom stereocenters. The van der Waals surface area contributed by atoms with E-state index in [-0.39, 0.29) is 0 Å². The van der Waals surface area contributed by atoms with Gasteiger partial charge >= 0.3 is 0 Å². The topological polar surface area (TPSA) is 41.1 Å². The number of nitrogens with one attached hydrogen (secondary N) is 2. The minimum Gasteiger partial charge on any atom is -0.286 e. The van der Waals surface area contributed by atoms with Crippen LogP contribution in [0.2, 0.25) is 0 Å². The van der Waals surface area contributed by atoms with Gasteiger partial charge in [-0.3, -0.25) is 10.2 Å². The van der Waals surface area contributed by atoms with E-state index in [1.165, 1.54) is 11.3 Å². The second-order valence-electron chi connectivity index (χ2n) is 6.98. The second kappa shape index (κ2) is 9.13. The van der Waals surface area contributed by atoms with Gasteiger partial charge in [-0.25, -0.2) is 27.4 Å². The van der Waals surface area contributed by atoms with Gasteiger partial charge in [-0.15, -0.1) is 11.3 Å². The van der Waals surface area contributed by atoms with Crippen LogP contribution in [0.3, 0.4) is 0 Å². The number of hydrogen-bond donors (Lipinski definition) is 2. The quantitative estimate of drug-likeness (QED) is 0.164. The van der Waals surface area contributed by atoms with Crippen LogP contribution in [0.5, 0.6) is 0 Å². The van der Waals surface area contributed by atoms with Gasteiger partial charge in [-0.05, 0) is 22.6 Å². The molecule has 1 heterocycles. The second-order valence-corrected chi connectivity index (χ2v) is 7.93. The van der Waals surface area contributed by atoms with Crippen molar-refractivity contribution in [1.82, 2.24) is 10.9 Å². The third-order valence-electron chi connectivity index (χ3n) is 5.10. The van der Waals surface area contributed by atoms with Crippen LogP contribution in [-0.4, -0.2) is 5.91 Å². The highest BCUT2D eigenvalue weighted by Gasteiger charge is 2.38. The van der Waals surface area contributed by atoms with Gasteiger partial charge in [0.05, 0.1) is 0 Å². The fourth-order valence-electron chi connectivity index (χ4n) is 3.54. The van der Waals surface area contributed by atoms with Crippen LogP contribution in [0.4, 0.5) is 22.0 Å². The van der Waals surface area contributed by atoms with Gasteiger partial charge in [-0.1, -0.05) is 66.7 Å². The van der Waals surface area contributed by atoms with Crippen molar-refractivity contribution in [3.63, 3.8) is 0 Å². The summed E-state index contributed by atoms with van der Waals surface area (Å²) in [5.74, 6) is -12.7. The molecule has 0 aliphatic rings. The largest absolute Gasteiger partial charge is 0.286 e. The van der Waals surface area contributed by atoms with E-state index in [9.17, 15) is 26.7 Å². The molecule has 0 aliphatic heterocycles. The summed E-state index contributed by atoms with van der Waals surface area (Å²) in [4.78, 5) is 13.4. The van der Waals surface area contributed by atoms with Gasteiger partial charge in [0.1, 0.15) is 11.1 Å². The maximum atomic E-state index is 14.2. The zero-order valence-electron chi connectivity index (χ0n) is 16.7. The first-order valence-corrected chi connectivity index (χ1v) is 10.5. The van der Waals surface area contributed by atoms with Gasteiger partial charge in [0, 0.05) is 4.88 Å². The van der Waals surface area contributed by atoms with Gasteiger partial charge in [0.2, 0.25) is 5.82 Å². The van der Waals surface area contributed by atoms with Crippen LogP contribution < -0.4 is 10.9 Å². The minimum absolute atomic E-state index is 0.663. The average molecular weight is 474 g/mol. The minimum atomic E-state index is -2.34. The molecule has 3 nitrogen and oxygen atoms in total. The summed E-state index contributed by atoms with van der Waals surface area (Å²) in [5, 5.41) is 1.81. The molecule has 168 valence electrons. The Labute approximate surface area is 189 Å². The summed E-state index contributed by atoms with van der Waals surface area (Å²) in [7, 11) is 0. The zero-order chi connectivity index (χ0) is 23.6. The lowest BCUT2D eigenvalue weighted by atomic mass is 9.82. The summed E-state index contributed by atoms with van der Waals surface area (Å²) in [6.07, 6.45) is 0. The number of carbonyl (C=O) groups is 1. The lowest BCUT2D eigenvalue weighted by Crippen LogP contribution is -2.53. The lowest BCUT2D eigenvalue weighted by Gasteiger charge is -2.35. The highest BCUT2D eigenvalue weighted by molar-refractivity contribution is 7.10. The van der Waals surface area contributed by atoms with Crippen LogP contribution in [0, 0.1) is 29.1 Å². The summed E-state index contributed by atoms with van der Waals surface area (Å²) >= 11 is 1.35. The van der Waals surface area contributed by atoms with E-state index in [1.54, 1.807) is 72.8 Å². The van der Waals surface area contributed by atoms with E-state index in [2.05, 4.69) is 10.9 Å². The Morgan fingerprint density at radius 1 is 0.667 bits per heavy atom. The van der Waals surface area contributed by atoms with E-state index < -0.39 is 46.1 Å². The number of halogens is 5. The first-order valence-electron chi connectivity index (χ1n) is 9.62. The maximum absolute atomic E-state index is 14.2. The molecule has 0 saturated carbocycles. The van der Waals surface area contributed by atoms with Crippen LogP contribution in [0.1, 0.15) is 26.4 Å². The number of thiophene rings is 1. The van der Waals surface area contributed by atoms with Gasteiger partial charge in [0.25, 0.3) is 5.91 Å². The molecule has 3 aromatic carbocycles. The highest BCUT2D eigenvalue weighted by Crippen LogP contribution is 2.38. The lowest BCUT2D eigenvalue weighted by molar-refractivity contribution is 0.0907. The van der Waals surface area contributed by atoms with Crippen LogP contribution in [0.25, 0.3) is 0 Å². The molecule has 1 amide bonds. The highest BCUT2D eigenvalue weighted by atomic mass is 32.1. The van der Waals surface area contributed by atoms with E-state index in [0.717, 1.165) is 0 Å². The van der Waals surface area contributed by atoms with E-state index in [4.69, 9.17) is 0 Å². The molecule has 0 saturated heterocycles. The summed E-state index contributed by atoms with van der Waals surface area (Å²) in [6.45, 7) is 0. The summed E-state index contributed by atoms with van der Waals surface area (Å²) in [5.41, 5.74) is 3.49. The van der Waals surface area contributed by atoms with Crippen molar-refractivity contribution in [1.29, 1.82) is 0 Å². The predicted molar refractivity (Wildman–Crippen MR) is 114 cm³/mol. The molecule has 0 fully saturated rings. The van der Waals surface area contributed by atoms with E-state index in [0.29, 0.717) is 16.0 Å². The summed E-state index contributed by atoms with van der Waals surface area (Å²) in [6, 6.07) is 21.4. The average Bonchev–Trinajstić information content (AvgIpc) is 3.39. The van der Waals surface area contributed by atoms with Crippen molar-refractivity contribution >= 4 is 17.2 Å². The van der Waals surface area contributed by atoms with Crippen molar-refractivity contribution in [3.8, 4) is 0 Å². The smallest absolute Gasteiger partial charge is 0.271 e. The molecule has 2 N–H and O–H groups in total. The Hall–Kier alpha value is -3.56. The monoisotopic (exact) mass is 474 g/mol. The Kier molecular flexibility index (Phi) is 6.26. The molecule has 0 aliphatic carbocycles. The molecular formula is C24H15F5N2OS. The Morgan fingerprint density at radius 2 is 1.15 bits per heavy atom. The Morgan fingerprint density at radius 3 is 1.61 bits per heavy atom. The zero-order valence-corrected chi connectivity index (χ0v) is 17.5. The van der Waals surface area contributed by atoms with Crippen molar-refractivity contribution < 1.29 is 26.7 Å². The number of benzene rings is 3. The summed E-state index contributed by atoms with van der Waals surface area (Å²) < 4.78 is 69.0. The molecule has 0 radical (unpaired) electrons. The van der Waals surface area contributed by atoms with Crippen LogP contribution >= 0.6 is 11.3 Å². The first kappa shape index (κ1) is 22.6. The molecule has 9 heteroatoms. The molecule has 0 spiro atoms. The molecule has 4 aromatic rings. The van der Waals surface area contributed by atoms with Crippen LogP contribution in [-0.2, 0) is 5.54 Å². The Bertz CT molecular complexity index is 1210. The molecule has 0 bridgehead atoms. The van der Waals surface area contributed by atoms with Gasteiger partial charge in [0.15, 0.2) is 23.3 Å². The number of rotatable bonds is 6. The van der Waals surface area contributed by atoms with E-state index in [1.807, 2.05) is 5.38 Å². The van der Waals surface area contributed by atoms with Crippen LogP contribution in [0.15, 0.2) is 78.2 Å². The standard InChI is InChI=1S/C24H15F5N2OS/c25-18-17(19(26)21(28)22(29)20(18)27)23(32)30-31-24(16-12-7-13-33-16,14-8-3-1-4-9-14)15-10-5-2-6-11-15/h1-13,31H,(H,30,32). The number of amides is 1. The number of hydrogen-bond acceptors (Lipinski definition) is 3. The SMILES string of the molecule is O=C(NNC(c1ccccc1)(c1ccccc1)c1cccs1)c1c(F)c(F)c(F)c(F)c1F. The number of carbonyl (C=O) groups excluding carboxylic acids is 1. The molecule has 0 atom stereocenters. The van der Waals surface area contributed by atoms with Crippen molar-refractivity contribution in [3.05, 3.63) is 129 Å². The molecule has 33 heavy (non-hydrogen) atoms. The molecular weight excluding hydrogens is 459 g/mol. The predicted octanol–water partition coefficient (Wildman–Crippen LogP) is 5.67. The fraction of sp³-hybridized carbons (Fsp3) is 0.0417. The fourth-order valence-corrected chi connectivity index (χ4v) is 4.47.